The van der Waals surface area contributed by atoms with Gasteiger partial charge in [-0.25, -0.2) is 13.1 Å². The second kappa shape index (κ2) is 12.0. The van der Waals surface area contributed by atoms with Crippen molar-refractivity contribution in [3.05, 3.63) is 101 Å². The Morgan fingerprint density at radius 2 is 1.59 bits per heavy atom. The number of hydrogen-bond donors (Lipinski definition) is 4. The average molecular weight is 551 g/mol. The third-order valence-electron chi connectivity index (χ3n) is 6.91. The van der Waals surface area contributed by atoms with Gasteiger partial charge in [-0.05, 0) is 68.4 Å². The second-order valence-corrected chi connectivity index (χ2v) is 13.1. The zero-order chi connectivity index (χ0) is 28.2. The summed E-state index contributed by atoms with van der Waals surface area (Å²) in [6.45, 7) is 5.32. The number of amides is 1. The summed E-state index contributed by atoms with van der Waals surface area (Å²) in [4.78, 5) is 13.7. The molecular formula is C31H38N2O5S. The topological polar surface area (TPSA) is 116 Å². The van der Waals surface area contributed by atoms with E-state index in [0.29, 0.717) is 18.4 Å². The first-order valence-corrected chi connectivity index (χ1v) is 14.8. The molecule has 1 aliphatic carbocycles. The molecule has 1 aliphatic rings. The van der Waals surface area contributed by atoms with Crippen molar-refractivity contribution in [3.63, 3.8) is 0 Å². The van der Waals surface area contributed by atoms with Crippen LogP contribution >= 0.6 is 0 Å². The number of hydrogen-bond acceptors (Lipinski definition) is 5. The third-order valence-corrected chi connectivity index (χ3v) is 8.77. The fourth-order valence-electron chi connectivity index (χ4n) is 5.26. The monoisotopic (exact) mass is 550 g/mol. The zero-order valence-electron chi connectivity index (χ0n) is 22.7. The van der Waals surface area contributed by atoms with Gasteiger partial charge in [-0.3, -0.25) is 4.79 Å². The normalized spacial score (nSPS) is 18.8. The minimum atomic E-state index is -3.81. The smallest absolute Gasteiger partial charge is 0.241 e. The Bertz CT molecular complexity index is 1390. The van der Waals surface area contributed by atoms with E-state index >= 15 is 0 Å². The molecule has 0 saturated carbocycles. The molecule has 4 N–H and O–H groups in total. The van der Waals surface area contributed by atoms with Crippen LogP contribution in [0.2, 0.25) is 0 Å². The Morgan fingerprint density at radius 1 is 0.949 bits per heavy atom. The van der Waals surface area contributed by atoms with Gasteiger partial charge in [0.1, 0.15) is 0 Å². The molecule has 0 bridgehead atoms. The van der Waals surface area contributed by atoms with Crippen LogP contribution < -0.4 is 10.0 Å². The van der Waals surface area contributed by atoms with Crippen LogP contribution in [0.5, 0.6) is 0 Å². The molecule has 0 aromatic heterocycles. The van der Waals surface area contributed by atoms with E-state index in [4.69, 9.17) is 0 Å². The summed E-state index contributed by atoms with van der Waals surface area (Å²) in [6.07, 6.45) is -0.598. The molecule has 7 nitrogen and oxygen atoms in total. The van der Waals surface area contributed by atoms with E-state index in [1.54, 1.807) is 39.0 Å². The fourth-order valence-corrected chi connectivity index (χ4v) is 6.93. The van der Waals surface area contributed by atoms with Crippen LogP contribution in [0.15, 0.2) is 83.8 Å². The fraction of sp³-hybridized carbons (Fsp3) is 0.387. The van der Waals surface area contributed by atoms with Crippen LogP contribution in [-0.4, -0.2) is 42.3 Å². The predicted molar refractivity (Wildman–Crippen MR) is 152 cm³/mol. The van der Waals surface area contributed by atoms with E-state index in [1.807, 2.05) is 54.6 Å². The molecular weight excluding hydrogens is 512 g/mol. The van der Waals surface area contributed by atoms with Crippen LogP contribution in [0, 0.1) is 5.92 Å². The molecule has 208 valence electrons. The van der Waals surface area contributed by atoms with Gasteiger partial charge in [0, 0.05) is 17.9 Å². The molecule has 0 aliphatic heterocycles. The molecule has 0 spiro atoms. The summed E-state index contributed by atoms with van der Waals surface area (Å²) >= 11 is 0. The van der Waals surface area contributed by atoms with Crippen LogP contribution in [0.3, 0.4) is 0 Å². The van der Waals surface area contributed by atoms with Crippen LogP contribution in [0.25, 0.3) is 0 Å². The lowest BCUT2D eigenvalue weighted by Crippen LogP contribution is -2.41. The van der Waals surface area contributed by atoms with Crippen molar-refractivity contribution in [2.75, 3.05) is 0 Å². The molecule has 3 aromatic rings. The summed E-state index contributed by atoms with van der Waals surface area (Å²) in [6, 6.07) is 23.4. The molecule has 1 amide bonds. The summed E-state index contributed by atoms with van der Waals surface area (Å²) in [5, 5.41) is 24.8. The largest absolute Gasteiger partial charge is 0.393 e. The zero-order valence-corrected chi connectivity index (χ0v) is 23.5. The van der Waals surface area contributed by atoms with Gasteiger partial charge in [0.2, 0.25) is 15.9 Å². The van der Waals surface area contributed by atoms with Crippen molar-refractivity contribution in [1.29, 1.82) is 0 Å². The van der Waals surface area contributed by atoms with Crippen molar-refractivity contribution in [2.24, 2.45) is 5.92 Å². The number of carbonyl (C=O) groups is 1. The second-order valence-electron chi connectivity index (χ2n) is 11.4. The first-order chi connectivity index (χ1) is 18.4. The van der Waals surface area contributed by atoms with Crippen LogP contribution in [0.4, 0.5) is 0 Å². The van der Waals surface area contributed by atoms with Gasteiger partial charge in [0.05, 0.1) is 23.1 Å². The van der Waals surface area contributed by atoms with Gasteiger partial charge in [-0.15, -0.1) is 0 Å². The van der Waals surface area contributed by atoms with Gasteiger partial charge in [0.15, 0.2) is 0 Å². The summed E-state index contributed by atoms with van der Waals surface area (Å²) in [5.74, 6) is -0.840. The van der Waals surface area contributed by atoms with Crippen molar-refractivity contribution in [2.45, 2.75) is 75.1 Å². The SMILES string of the molecule is CC(C)(C)NS(=O)(=O)c1ccccc1C[C@H](O)C[C@H](Cc1ccccc1)C(=O)N[C@H]1c2ccccc2C[C@H]1O. The highest BCUT2D eigenvalue weighted by Gasteiger charge is 2.34. The third kappa shape index (κ3) is 7.54. The standard InChI is InChI=1S/C31H38N2O5S/c1-31(2,3)33-39(37,38)28-16-10-8-14-23(28)18-25(34)19-24(17-21-11-5-4-6-12-21)30(36)32-29-26-15-9-7-13-22(26)20-27(29)35/h4-16,24-25,27,29,33-35H,17-20H2,1-3H3,(H,32,36)/t24-,25-,27+,29-/m0/s1. The maximum absolute atomic E-state index is 13.6. The van der Waals surface area contributed by atoms with E-state index in [0.717, 1.165) is 16.7 Å². The van der Waals surface area contributed by atoms with Crippen molar-refractivity contribution < 1.29 is 23.4 Å². The van der Waals surface area contributed by atoms with Gasteiger partial charge in [0.25, 0.3) is 0 Å². The molecule has 0 radical (unpaired) electrons. The molecule has 0 unspecified atom stereocenters. The lowest BCUT2D eigenvalue weighted by molar-refractivity contribution is -0.127. The molecule has 3 aromatic carbocycles. The Balaban J connectivity index is 1.53. The summed E-state index contributed by atoms with van der Waals surface area (Å²) in [7, 11) is -3.81. The maximum atomic E-state index is 13.6. The average Bonchev–Trinajstić information content (AvgIpc) is 3.18. The number of nitrogens with one attached hydrogen (secondary N) is 2. The minimum Gasteiger partial charge on any atom is -0.393 e. The number of benzene rings is 3. The minimum absolute atomic E-state index is 0.0781. The van der Waals surface area contributed by atoms with Crippen LogP contribution in [-0.2, 0) is 34.1 Å². The molecule has 0 fully saturated rings. The number of fused-ring (bicyclic) bond motifs is 1. The lowest BCUT2D eigenvalue weighted by atomic mass is 9.90. The van der Waals surface area contributed by atoms with Gasteiger partial charge < -0.3 is 15.5 Å². The summed E-state index contributed by atoms with van der Waals surface area (Å²) in [5.41, 5.74) is 2.70. The van der Waals surface area contributed by atoms with Gasteiger partial charge >= 0.3 is 0 Å². The van der Waals surface area contributed by atoms with E-state index in [9.17, 15) is 23.4 Å². The Kier molecular flexibility index (Phi) is 8.91. The predicted octanol–water partition coefficient (Wildman–Crippen LogP) is 3.69. The molecule has 0 heterocycles. The number of carbonyl (C=O) groups excluding carboxylic acids is 1. The van der Waals surface area contributed by atoms with Crippen LogP contribution in [0.1, 0.15) is 55.5 Å². The number of rotatable bonds is 10. The quantitative estimate of drug-likeness (QED) is 0.307. The Hall–Kier alpha value is -3.04. The Morgan fingerprint density at radius 3 is 2.31 bits per heavy atom. The number of aliphatic hydroxyl groups excluding tert-OH is 2. The first kappa shape index (κ1) is 29.0. The van der Waals surface area contributed by atoms with Crippen molar-refractivity contribution in [1.82, 2.24) is 10.0 Å². The maximum Gasteiger partial charge on any atom is 0.241 e. The Labute approximate surface area is 231 Å². The highest BCUT2D eigenvalue weighted by atomic mass is 32.2. The highest BCUT2D eigenvalue weighted by Crippen LogP contribution is 2.32. The van der Waals surface area contributed by atoms with Gasteiger partial charge in [-0.2, -0.15) is 0 Å². The van der Waals surface area contributed by atoms with Gasteiger partial charge in [-0.1, -0.05) is 72.8 Å². The van der Waals surface area contributed by atoms with Crippen molar-refractivity contribution >= 4 is 15.9 Å². The van der Waals surface area contributed by atoms with E-state index in [1.165, 1.54) is 6.07 Å². The number of sulfonamides is 1. The van der Waals surface area contributed by atoms with E-state index in [2.05, 4.69) is 10.0 Å². The van der Waals surface area contributed by atoms with Crippen molar-refractivity contribution in [3.8, 4) is 0 Å². The van der Waals surface area contributed by atoms with E-state index in [-0.39, 0.29) is 23.6 Å². The molecule has 8 heteroatoms. The molecule has 4 atom stereocenters. The molecule has 39 heavy (non-hydrogen) atoms. The number of aliphatic hydroxyl groups is 2. The summed E-state index contributed by atoms with van der Waals surface area (Å²) < 4.78 is 28.8. The lowest BCUT2D eigenvalue weighted by Gasteiger charge is -2.25. The molecule has 0 saturated heterocycles. The first-order valence-electron chi connectivity index (χ1n) is 13.3. The highest BCUT2D eigenvalue weighted by molar-refractivity contribution is 7.89. The van der Waals surface area contributed by atoms with E-state index < -0.39 is 39.7 Å². The molecule has 4 rings (SSSR count).